The number of rotatable bonds is 5. The van der Waals surface area contributed by atoms with Crippen molar-refractivity contribution in [1.29, 1.82) is 0 Å². The third-order valence-corrected chi connectivity index (χ3v) is 6.08. The third-order valence-electron chi connectivity index (χ3n) is 6.08. The van der Waals surface area contributed by atoms with E-state index in [1.807, 2.05) is 36.4 Å². The van der Waals surface area contributed by atoms with Crippen LogP contribution in [0.5, 0.6) is 0 Å². The van der Waals surface area contributed by atoms with E-state index in [2.05, 4.69) is 17.4 Å². The number of amides is 2. The highest BCUT2D eigenvalue weighted by molar-refractivity contribution is 5.89. The van der Waals surface area contributed by atoms with E-state index in [1.165, 1.54) is 11.8 Å². The van der Waals surface area contributed by atoms with Gasteiger partial charge in [0, 0.05) is 12.5 Å². The van der Waals surface area contributed by atoms with Gasteiger partial charge in [-0.2, -0.15) is 0 Å². The van der Waals surface area contributed by atoms with Crippen LogP contribution in [-0.4, -0.2) is 65.9 Å². The minimum Gasteiger partial charge on any atom is -0.480 e. The maximum atomic E-state index is 12.8. The number of carboxylic acid groups (broad SMARTS) is 1. The Hall–Kier alpha value is -3.39. The Morgan fingerprint density at radius 2 is 1.72 bits per heavy atom. The molecule has 1 fully saturated rings. The van der Waals surface area contributed by atoms with Gasteiger partial charge in [0.15, 0.2) is 6.04 Å². The number of carbonyl (C=O) groups is 3. The van der Waals surface area contributed by atoms with Gasteiger partial charge in [0.1, 0.15) is 12.6 Å². The van der Waals surface area contributed by atoms with E-state index in [4.69, 9.17) is 9.47 Å². The first kappa shape index (κ1) is 21.8. The monoisotopic (exact) mass is 438 g/mol. The SMILES string of the molecule is CC(NC(=O)OCC1c2ccccc2-c2ccccc21)C(=O)N1CCOC(C)C1C(=O)O. The van der Waals surface area contributed by atoms with Crippen LogP contribution >= 0.6 is 0 Å². The minimum absolute atomic E-state index is 0.0874. The summed E-state index contributed by atoms with van der Waals surface area (Å²) >= 11 is 0. The molecule has 2 aromatic rings. The number of carbonyl (C=O) groups excluding carboxylic acids is 2. The van der Waals surface area contributed by atoms with E-state index >= 15 is 0 Å². The largest absolute Gasteiger partial charge is 0.480 e. The number of morpholine rings is 1. The van der Waals surface area contributed by atoms with Crippen molar-refractivity contribution in [3.8, 4) is 11.1 Å². The third kappa shape index (κ3) is 4.05. The molecule has 0 aromatic heterocycles. The summed E-state index contributed by atoms with van der Waals surface area (Å²) < 4.78 is 10.8. The lowest BCUT2D eigenvalue weighted by atomic mass is 9.98. The molecule has 2 amide bonds. The van der Waals surface area contributed by atoms with Crippen LogP contribution in [0, 0.1) is 0 Å². The Morgan fingerprint density at radius 1 is 1.12 bits per heavy atom. The standard InChI is InChI=1S/C24H26N2O6/c1-14(22(27)26-11-12-31-15(2)21(26)23(28)29)25-24(30)32-13-20-18-9-5-3-7-16(18)17-8-4-6-10-19(17)20/h3-10,14-15,20-21H,11-13H2,1-2H3,(H,25,30)(H,28,29). The molecule has 1 saturated heterocycles. The lowest BCUT2D eigenvalue weighted by molar-refractivity contribution is -0.165. The zero-order valence-electron chi connectivity index (χ0n) is 18.0. The average Bonchev–Trinajstić information content (AvgIpc) is 3.10. The Kier molecular flexibility index (Phi) is 6.14. The number of aliphatic carboxylic acids is 1. The number of hydrogen-bond donors (Lipinski definition) is 2. The van der Waals surface area contributed by atoms with E-state index in [1.54, 1.807) is 6.92 Å². The summed E-state index contributed by atoms with van der Waals surface area (Å²) in [6.07, 6.45) is -1.35. The van der Waals surface area contributed by atoms with Crippen molar-refractivity contribution in [1.82, 2.24) is 10.2 Å². The quantitative estimate of drug-likeness (QED) is 0.744. The van der Waals surface area contributed by atoms with Crippen molar-refractivity contribution in [2.45, 2.75) is 38.0 Å². The van der Waals surface area contributed by atoms with Crippen molar-refractivity contribution >= 4 is 18.0 Å². The van der Waals surface area contributed by atoms with Gasteiger partial charge in [-0.3, -0.25) is 4.79 Å². The van der Waals surface area contributed by atoms with Crippen molar-refractivity contribution in [2.24, 2.45) is 0 Å². The predicted molar refractivity (Wildman–Crippen MR) is 116 cm³/mol. The maximum Gasteiger partial charge on any atom is 0.407 e. The smallest absolute Gasteiger partial charge is 0.407 e. The number of nitrogens with one attached hydrogen (secondary N) is 1. The number of fused-ring (bicyclic) bond motifs is 3. The molecule has 0 radical (unpaired) electrons. The second-order valence-corrected chi connectivity index (χ2v) is 8.08. The van der Waals surface area contributed by atoms with Gasteiger partial charge in [-0.25, -0.2) is 9.59 Å². The van der Waals surface area contributed by atoms with Crippen molar-refractivity contribution in [3.63, 3.8) is 0 Å². The van der Waals surface area contributed by atoms with E-state index in [0.29, 0.717) is 0 Å². The molecule has 3 unspecified atom stereocenters. The first-order valence-electron chi connectivity index (χ1n) is 10.6. The minimum atomic E-state index is -1.14. The van der Waals surface area contributed by atoms with Crippen LogP contribution in [-0.2, 0) is 19.1 Å². The second kappa shape index (κ2) is 9.00. The number of carboxylic acids is 1. The Bertz CT molecular complexity index is 993. The van der Waals surface area contributed by atoms with Crippen LogP contribution in [0.4, 0.5) is 4.79 Å². The molecule has 0 spiro atoms. The number of nitrogens with zero attached hydrogens (tertiary/aromatic N) is 1. The van der Waals surface area contributed by atoms with Crippen LogP contribution in [0.3, 0.4) is 0 Å². The van der Waals surface area contributed by atoms with Crippen molar-refractivity contribution in [3.05, 3.63) is 59.7 Å². The van der Waals surface area contributed by atoms with Gasteiger partial charge < -0.3 is 24.8 Å². The molecule has 2 aliphatic rings. The molecule has 1 heterocycles. The number of alkyl carbamates (subject to hydrolysis) is 1. The zero-order chi connectivity index (χ0) is 22.8. The van der Waals surface area contributed by atoms with Gasteiger partial charge in [0.05, 0.1) is 12.7 Å². The lowest BCUT2D eigenvalue weighted by Gasteiger charge is -2.38. The molecule has 4 rings (SSSR count). The Balaban J connectivity index is 1.39. The fraction of sp³-hybridized carbons (Fsp3) is 0.375. The molecule has 2 aromatic carbocycles. The van der Waals surface area contributed by atoms with Gasteiger partial charge in [-0.15, -0.1) is 0 Å². The van der Waals surface area contributed by atoms with E-state index in [-0.39, 0.29) is 25.7 Å². The zero-order valence-corrected chi connectivity index (χ0v) is 18.0. The van der Waals surface area contributed by atoms with Crippen LogP contribution in [0.1, 0.15) is 30.9 Å². The molecular formula is C24H26N2O6. The lowest BCUT2D eigenvalue weighted by Crippen LogP contribution is -2.60. The van der Waals surface area contributed by atoms with Crippen LogP contribution in [0.15, 0.2) is 48.5 Å². The first-order chi connectivity index (χ1) is 15.4. The fourth-order valence-corrected chi connectivity index (χ4v) is 4.53. The van der Waals surface area contributed by atoms with Crippen LogP contribution in [0.2, 0.25) is 0 Å². The molecule has 0 saturated carbocycles. The molecule has 1 aliphatic carbocycles. The van der Waals surface area contributed by atoms with E-state index in [0.717, 1.165) is 22.3 Å². The molecule has 3 atom stereocenters. The summed E-state index contributed by atoms with van der Waals surface area (Å²) in [4.78, 5) is 38.1. The van der Waals surface area contributed by atoms with Crippen LogP contribution < -0.4 is 5.32 Å². The summed E-state index contributed by atoms with van der Waals surface area (Å²) in [6, 6.07) is 14.0. The Labute approximate surface area is 186 Å². The molecule has 168 valence electrons. The molecule has 0 bridgehead atoms. The van der Waals surface area contributed by atoms with E-state index in [9.17, 15) is 19.5 Å². The molecule has 2 N–H and O–H groups in total. The highest BCUT2D eigenvalue weighted by Gasteiger charge is 2.40. The molecule has 8 nitrogen and oxygen atoms in total. The number of benzene rings is 2. The highest BCUT2D eigenvalue weighted by atomic mass is 16.5. The number of hydrogen-bond acceptors (Lipinski definition) is 5. The molecular weight excluding hydrogens is 412 g/mol. The number of ether oxygens (including phenoxy) is 2. The van der Waals surface area contributed by atoms with Gasteiger partial charge in [0.2, 0.25) is 5.91 Å². The normalized spacial score (nSPS) is 20.8. The Morgan fingerprint density at radius 3 is 2.31 bits per heavy atom. The van der Waals surface area contributed by atoms with Crippen molar-refractivity contribution < 1.29 is 29.0 Å². The summed E-state index contributed by atoms with van der Waals surface area (Å²) in [5.74, 6) is -1.71. The average molecular weight is 438 g/mol. The summed E-state index contributed by atoms with van der Waals surface area (Å²) in [5.41, 5.74) is 4.44. The van der Waals surface area contributed by atoms with Crippen molar-refractivity contribution in [2.75, 3.05) is 19.8 Å². The van der Waals surface area contributed by atoms with E-state index < -0.39 is 36.2 Å². The predicted octanol–water partition coefficient (Wildman–Crippen LogP) is 2.61. The summed E-state index contributed by atoms with van der Waals surface area (Å²) in [5, 5.41) is 12.0. The second-order valence-electron chi connectivity index (χ2n) is 8.08. The van der Waals surface area contributed by atoms with Gasteiger partial charge in [-0.05, 0) is 36.1 Å². The van der Waals surface area contributed by atoms with Crippen LogP contribution in [0.25, 0.3) is 11.1 Å². The maximum absolute atomic E-state index is 12.8. The highest BCUT2D eigenvalue weighted by Crippen LogP contribution is 2.44. The summed E-state index contributed by atoms with van der Waals surface area (Å²) in [7, 11) is 0. The van der Waals surface area contributed by atoms with Gasteiger partial charge in [0.25, 0.3) is 0 Å². The first-order valence-corrected chi connectivity index (χ1v) is 10.6. The molecule has 8 heteroatoms. The molecule has 1 aliphatic heterocycles. The fourth-order valence-electron chi connectivity index (χ4n) is 4.53. The van der Waals surface area contributed by atoms with Gasteiger partial charge in [-0.1, -0.05) is 48.5 Å². The summed E-state index contributed by atoms with van der Waals surface area (Å²) in [6.45, 7) is 3.66. The van der Waals surface area contributed by atoms with Gasteiger partial charge >= 0.3 is 12.1 Å². The topological polar surface area (TPSA) is 105 Å². The molecule has 32 heavy (non-hydrogen) atoms.